The van der Waals surface area contributed by atoms with Gasteiger partial charge in [0.15, 0.2) is 4.96 Å². The summed E-state index contributed by atoms with van der Waals surface area (Å²) in [4.78, 5) is 7.93. The van der Waals surface area contributed by atoms with Crippen LogP contribution in [0, 0.1) is 0 Å². The first-order valence-corrected chi connectivity index (χ1v) is 7.36. The fourth-order valence-electron chi connectivity index (χ4n) is 2.71. The fraction of sp³-hybridized carbons (Fsp3) is 0.615. The summed E-state index contributed by atoms with van der Waals surface area (Å²) >= 11 is 1.64. The molecule has 0 amide bonds. The van der Waals surface area contributed by atoms with E-state index < -0.39 is 0 Å². The molecule has 1 aliphatic heterocycles. The van der Waals surface area contributed by atoms with Gasteiger partial charge in [-0.05, 0) is 13.8 Å². The van der Waals surface area contributed by atoms with E-state index in [-0.39, 0.29) is 18.3 Å². The number of morpholine rings is 1. The Hall–Kier alpha value is -0.950. The number of thiazole rings is 1. The fourth-order valence-corrected chi connectivity index (χ4v) is 3.43. The Morgan fingerprint density at radius 3 is 3.16 bits per heavy atom. The highest BCUT2D eigenvalue weighted by Gasteiger charge is 2.33. The molecule has 1 atom stereocenters. The molecule has 0 saturated carbocycles. The Morgan fingerprint density at radius 2 is 2.42 bits per heavy atom. The van der Waals surface area contributed by atoms with Crippen LogP contribution in [0.5, 0.6) is 0 Å². The minimum atomic E-state index is -0.219. The first-order chi connectivity index (χ1) is 9.05. The third-order valence-electron chi connectivity index (χ3n) is 3.28. The van der Waals surface area contributed by atoms with E-state index in [1.54, 1.807) is 11.3 Å². The summed E-state index contributed by atoms with van der Waals surface area (Å²) in [6.07, 6.45) is 3.99. The van der Waals surface area contributed by atoms with Crippen molar-refractivity contribution in [1.82, 2.24) is 14.3 Å². The molecular weight excluding hydrogens is 262 g/mol. The maximum atomic E-state index is 9.32. The summed E-state index contributed by atoms with van der Waals surface area (Å²) in [5.74, 6) is 0. The second-order valence-electron chi connectivity index (χ2n) is 5.68. The number of aliphatic hydroxyl groups is 1. The van der Waals surface area contributed by atoms with Crippen molar-refractivity contribution >= 4 is 16.3 Å². The zero-order valence-electron chi connectivity index (χ0n) is 11.2. The van der Waals surface area contributed by atoms with Crippen molar-refractivity contribution in [3.05, 3.63) is 23.5 Å². The van der Waals surface area contributed by atoms with Crippen molar-refractivity contribution in [3.8, 4) is 0 Å². The molecule has 0 spiro atoms. The van der Waals surface area contributed by atoms with Gasteiger partial charge >= 0.3 is 0 Å². The minimum absolute atomic E-state index is 0.0677. The highest BCUT2D eigenvalue weighted by Crippen LogP contribution is 2.22. The Labute approximate surface area is 116 Å². The lowest BCUT2D eigenvalue weighted by molar-refractivity contribution is -0.150. The first-order valence-electron chi connectivity index (χ1n) is 6.48. The zero-order chi connectivity index (χ0) is 13.5. The topological polar surface area (TPSA) is 50.0 Å². The highest BCUT2D eigenvalue weighted by atomic mass is 32.1. The Morgan fingerprint density at radius 1 is 1.58 bits per heavy atom. The lowest BCUT2D eigenvalue weighted by atomic mass is 10.1. The molecule has 1 N–H and O–H groups in total. The van der Waals surface area contributed by atoms with Crippen LogP contribution in [0.4, 0.5) is 0 Å². The normalized spacial score (nSPS) is 24.1. The molecular formula is C13H19N3O2S. The predicted molar refractivity (Wildman–Crippen MR) is 74.4 cm³/mol. The molecule has 0 aliphatic carbocycles. The van der Waals surface area contributed by atoms with E-state index in [0.29, 0.717) is 0 Å². The number of hydrogen-bond acceptors (Lipinski definition) is 5. The third kappa shape index (κ3) is 2.81. The molecule has 0 radical (unpaired) electrons. The average Bonchev–Trinajstić information content (AvgIpc) is 2.87. The molecule has 1 aliphatic rings. The van der Waals surface area contributed by atoms with Gasteiger partial charge in [-0.1, -0.05) is 0 Å². The second kappa shape index (κ2) is 4.86. The molecule has 3 rings (SSSR count). The predicted octanol–water partition coefficient (Wildman–Crippen LogP) is 1.37. The molecule has 6 heteroatoms. The molecule has 2 aromatic heterocycles. The number of ether oxygens (including phenoxy) is 1. The molecule has 1 fully saturated rings. The van der Waals surface area contributed by atoms with Gasteiger partial charge in [0.1, 0.15) is 0 Å². The van der Waals surface area contributed by atoms with Crippen LogP contribution in [0.2, 0.25) is 0 Å². The Balaban J connectivity index is 1.73. The van der Waals surface area contributed by atoms with Crippen LogP contribution >= 0.6 is 11.3 Å². The van der Waals surface area contributed by atoms with Crippen molar-refractivity contribution in [2.24, 2.45) is 0 Å². The van der Waals surface area contributed by atoms with Crippen molar-refractivity contribution in [3.63, 3.8) is 0 Å². The van der Waals surface area contributed by atoms with Gasteiger partial charge in [0, 0.05) is 37.4 Å². The van der Waals surface area contributed by atoms with Gasteiger partial charge in [-0.25, -0.2) is 4.98 Å². The van der Waals surface area contributed by atoms with E-state index in [1.807, 2.05) is 11.6 Å². The average molecular weight is 281 g/mol. The number of aliphatic hydroxyl groups excluding tert-OH is 1. The van der Waals surface area contributed by atoms with Gasteiger partial charge in [0.2, 0.25) is 0 Å². The largest absolute Gasteiger partial charge is 0.394 e. The number of imidazole rings is 1. The van der Waals surface area contributed by atoms with Crippen LogP contribution in [-0.2, 0) is 11.3 Å². The van der Waals surface area contributed by atoms with Crippen molar-refractivity contribution in [2.75, 3.05) is 19.7 Å². The van der Waals surface area contributed by atoms with Crippen LogP contribution in [0.3, 0.4) is 0 Å². The number of nitrogens with zero attached hydrogens (tertiary/aromatic N) is 3. The van der Waals surface area contributed by atoms with E-state index >= 15 is 0 Å². The number of hydrogen-bond donors (Lipinski definition) is 1. The maximum Gasteiger partial charge on any atom is 0.193 e. The van der Waals surface area contributed by atoms with Gasteiger partial charge in [-0.15, -0.1) is 11.3 Å². The third-order valence-corrected chi connectivity index (χ3v) is 4.06. The molecule has 1 saturated heterocycles. The quantitative estimate of drug-likeness (QED) is 0.923. The van der Waals surface area contributed by atoms with Crippen LogP contribution < -0.4 is 0 Å². The van der Waals surface area contributed by atoms with Crippen molar-refractivity contribution in [2.45, 2.75) is 32.1 Å². The molecule has 5 nitrogen and oxygen atoms in total. The van der Waals surface area contributed by atoms with E-state index in [2.05, 4.69) is 34.3 Å². The Bertz CT molecular complexity index is 534. The maximum absolute atomic E-state index is 9.32. The standard InChI is InChI=1S/C13H19N3O2S/c1-13(2)9-15(7-11(8-17)18-13)5-10-6-16-3-4-19-12(16)14-10/h3-4,6,11,17H,5,7-9H2,1-2H3. The molecule has 19 heavy (non-hydrogen) atoms. The number of rotatable bonds is 3. The molecule has 0 aromatic carbocycles. The van der Waals surface area contributed by atoms with E-state index in [9.17, 15) is 5.11 Å². The molecule has 104 valence electrons. The highest BCUT2D eigenvalue weighted by molar-refractivity contribution is 7.15. The summed E-state index contributed by atoms with van der Waals surface area (Å²) in [6.45, 7) is 6.61. The zero-order valence-corrected chi connectivity index (χ0v) is 12.1. The minimum Gasteiger partial charge on any atom is -0.394 e. The van der Waals surface area contributed by atoms with Crippen LogP contribution in [-0.4, -0.2) is 50.8 Å². The van der Waals surface area contributed by atoms with Crippen LogP contribution in [0.15, 0.2) is 17.8 Å². The molecule has 3 heterocycles. The molecule has 0 bridgehead atoms. The van der Waals surface area contributed by atoms with Crippen LogP contribution in [0.1, 0.15) is 19.5 Å². The summed E-state index contributed by atoms with van der Waals surface area (Å²) in [5.41, 5.74) is 0.851. The first kappa shape index (κ1) is 13.1. The van der Waals surface area contributed by atoms with Crippen molar-refractivity contribution in [1.29, 1.82) is 0 Å². The lowest BCUT2D eigenvalue weighted by Crippen LogP contribution is -2.53. The summed E-state index contributed by atoms with van der Waals surface area (Å²) < 4.78 is 7.87. The summed E-state index contributed by atoms with van der Waals surface area (Å²) in [5, 5.41) is 11.4. The lowest BCUT2D eigenvalue weighted by Gasteiger charge is -2.42. The summed E-state index contributed by atoms with van der Waals surface area (Å²) in [6, 6.07) is 0. The molecule has 2 aromatic rings. The van der Waals surface area contributed by atoms with Crippen LogP contribution in [0.25, 0.3) is 4.96 Å². The van der Waals surface area contributed by atoms with Gasteiger partial charge in [-0.3, -0.25) is 9.30 Å². The Kier molecular flexibility index (Phi) is 3.34. The van der Waals surface area contributed by atoms with Gasteiger partial charge < -0.3 is 9.84 Å². The van der Waals surface area contributed by atoms with Gasteiger partial charge in [-0.2, -0.15) is 0 Å². The van der Waals surface area contributed by atoms with E-state index in [4.69, 9.17) is 4.74 Å². The second-order valence-corrected chi connectivity index (χ2v) is 6.55. The van der Waals surface area contributed by atoms with Gasteiger partial charge in [0.05, 0.1) is 24.0 Å². The van der Waals surface area contributed by atoms with Gasteiger partial charge in [0.25, 0.3) is 0 Å². The number of fused-ring (bicyclic) bond motifs is 1. The smallest absolute Gasteiger partial charge is 0.193 e. The number of aromatic nitrogens is 2. The SMILES string of the molecule is CC1(C)CN(Cc2cn3ccsc3n2)CC(CO)O1. The molecule has 1 unspecified atom stereocenters. The van der Waals surface area contributed by atoms with E-state index in [0.717, 1.165) is 30.3 Å². The monoisotopic (exact) mass is 281 g/mol. The summed E-state index contributed by atoms with van der Waals surface area (Å²) in [7, 11) is 0. The van der Waals surface area contributed by atoms with Crippen molar-refractivity contribution < 1.29 is 9.84 Å². The van der Waals surface area contributed by atoms with E-state index in [1.165, 1.54) is 0 Å².